The van der Waals surface area contributed by atoms with E-state index >= 15 is 0 Å². The molecule has 0 aromatic carbocycles. The molecule has 0 atom stereocenters. The van der Waals surface area contributed by atoms with Gasteiger partial charge in [0, 0.05) is 60.0 Å². The number of fused-ring (bicyclic) bond motifs is 1. The van der Waals surface area contributed by atoms with Gasteiger partial charge in [0.1, 0.15) is 11.3 Å². The average Bonchev–Trinajstić information content (AvgIpc) is 3.07. The first-order chi connectivity index (χ1) is 12.3. The smallest absolute Gasteiger partial charge is 0.332 e. The van der Waals surface area contributed by atoms with Gasteiger partial charge in [-0.2, -0.15) is 0 Å². The highest BCUT2D eigenvalue weighted by molar-refractivity contribution is 5.78. The molecule has 3 rings (SSSR count). The van der Waals surface area contributed by atoms with Gasteiger partial charge in [0.05, 0.1) is 0 Å². The lowest BCUT2D eigenvalue weighted by Crippen LogP contribution is -2.50. The number of nitrogens with zero attached hydrogens (tertiary/aromatic N) is 5. The summed E-state index contributed by atoms with van der Waals surface area (Å²) in [5.74, 6) is 0.496. The van der Waals surface area contributed by atoms with Crippen molar-refractivity contribution in [3.63, 3.8) is 0 Å². The second-order valence-corrected chi connectivity index (χ2v) is 6.47. The average molecular weight is 362 g/mol. The minimum absolute atomic E-state index is 0.0181. The van der Waals surface area contributed by atoms with Crippen LogP contribution < -0.4 is 11.2 Å². The van der Waals surface area contributed by atoms with Crippen LogP contribution >= 0.6 is 0 Å². The first-order valence-corrected chi connectivity index (χ1v) is 8.47. The third-order valence-electron chi connectivity index (χ3n) is 4.80. The molecule has 10 heteroatoms. The van der Waals surface area contributed by atoms with Gasteiger partial charge in [-0.05, 0) is 0 Å². The monoisotopic (exact) mass is 362 g/mol. The maximum Gasteiger partial charge on any atom is 0.332 e. The van der Waals surface area contributed by atoms with Crippen LogP contribution in [0.15, 0.2) is 9.59 Å². The predicted molar refractivity (Wildman–Crippen MR) is 93.7 cm³/mol. The Bertz CT molecular complexity index is 977. The normalized spacial score (nSPS) is 14.9. The standard InChI is InChI=1S/C16H22N6O4/c1-10(23)21-6-8-22(9-7-21)12(24)5-4-11-17-13-14(18-11)19(2)16(26)20(3)15(13)25/h4-9H2,1-3H3,(H,17,18). The summed E-state index contributed by atoms with van der Waals surface area (Å²) in [7, 11) is 2.96. The van der Waals surface area contributed by atoms with Gasteiger partial charge in [-0.1, -0.05) is 0 Å². The number of aromatic amines is 1. The van der Waals surface area contributed by atoms with E-state index in [-0.39, 0.29) is 29.4 Å². The highest BCUT2D eigenvalue weighted by Crippen LogP contribution is 2.09. The fourth-order valence-corrected chi connectivity index (χ4v) is 3.15. The van der Waals surface area contributed by atoms with Crippen LogP contribution in [0.4, 0.5) is 0 Å². The van der Waals surface area contributed by atoms with E-state index in [1.807, 2.05) is 0 Å². The summed E-state index contributed by atoms with van der Waals surface area (Å²) >= 11 is 0. The van der Waals surface area contributed by atoms with Crippen LogP contribution in [0.5, 0.6) is 0 Å². The molecular weight excluding hydrogens is 340 g/mol. The van der Waals surface area contributed by atoms with Crippen LogP contribution in [0.3, 0.4) is 0 Å². The van der Waals surface area contributed by atoms with Crippen LogP contribution in [-0.4, -0.2) is 66.9 Å². The lowest BCUT2D eigenvalue weighted by molar-refractivity contribution is -0.138. The second-order valence-electron chi connectivity index (χ2n) is 6.47. The number of carbonyl (C=O) groups is 2. The molecule has 0 aliphatic carbocycles. The van der Waals surface area contributed by atoms with Gasteiger partial charge < -0.3 is 14.8 Å². The number of nitrogens with one attached hydrogen (secondary N) is 1. The molecule has 26 heavy (non-hydrogen) atoms. The van der Waals surface area contributed by atoms with Crippen LogP contribution in [-0.2, 0) is 30.1 Å². The van der Waals surface area contributed by atoms with E-state index in [0.717, 1.165) is 4.57 Å². The molecule has 2 aromatic heterocycles. The Labute approximate surface area is 149 Å². The summed E-state index contributed by atoms with van der Waals surface area (Å²) in [5, 5.41) is 0. The Balaban J connectivity index is 1.69. The SMILES string of the molecule is CC(=O)N1CCN(C(=O)CCc2nc3c([nH]2)c(=O)n(C)c(=O)n3C)CC1. The minimum atomic E-state index is -0.444. The van der Waals surface area contributed by atoms with E-state index in [9.17, 15) is 19.2 Å². The van der Waals surface area contributed by atoms with Crippen molar-refractivity contribution in [2.24, 2.45) is 14.1 Å². The van der Waals surface area contributed by atoms with Crippen molar-refractivity contribution in [1.82, 2.24) is 28.9 Å². The van der Waals surface area contributed by atoms with E-state index < -0.39 is 11.2 Å². The highest BCUT2D eigenvalue weighted by atomic mass is 16.2. The molecular formula is C16H22N6O4. The van der Waals surface area contributed by atoms with Crippen molar-refractivity contribution in [1.29, 1.82) is 0 Å². The van der Waals surface area contributed by atoms with Crippen molar-refractivity contribution in [2.45, 2.75) is 19.8 Å². The van der Waals surface area contributed by atoms with Crippen molar-refractivity contribution < 1.29 is 9.59 Å². The third-order valence-corrected chi connectivity index (χ3v) is 4.80. The molecule has 1 N–H and O–H groups in total. The van der Waals surface area contributed by atoms with Gasteiger partial charge in [-0.3, -0.25) is 23.5 Å². The molecule has 140 valence electrons. The van der Waals surface area contributed by atoms with Gasteiger partial charge in [0.2, 0.25) is 11.8 Å². The van der Waals surface area contributed by atoms with Gasteiger partial charge in [0.25, 0.3) is 5.56 Å². The summed E-state index contributed by atoms with van der Waals surface area (Å²) in [6.45, 7) is 3.66. The van der Waals surface area contributed by atoms with Crippen molar-refractivity contribution >= 4 is 23.0 Å². The van der Waals surface area contributed by atoms with Crippen molar-refractivity contribution in [3.05, 3.63) is 26.7 Å². The van der Waals surface area contributed by atoms with Crippen LogP contribution in [0.2, 0.25) is 0 Å². The molecule has 1 saturated heterocycles. The van der Waals surface area contributed by atoms with Gasteiger partial charge in [-0.15, -0.1) is 0 Å². The molecule has 2 aromatic rings. The molecule has 0 bridgehead atoms. The molecule has 1 aliphatic heterocycles. The van der Waals surface area contributed by atoms with Gasteiger partial charge in [0.15, 0.2) is 5.65 Å². The van der Waals surface area contributed by atoms with Crippen molar-refractivity contribution in [2.75, 3.05) is 26.2 Å². The Hall–Kier alpha value is -2.91. The van der Waals surface area contributed by atoms with E-state index in [2.05, 4.69) is 9.97 Å². The number of carbonyl (C=O) groups excluding carboxylic acids is 2. The second kappa shape index (κ2) is 6.77. The molecule has 10 nitrogen and oxygen atoms in total. The zero-order chi connectivity index (χ0) is 19.0. The van der Waals surface area contributed by atoms with Gasteiger partial charge in [-0.25, -0.2) is 9.78 Å². The van der Waals surface area contributed by atoms with E-state index in [1.165, 1.54) is 18.5 Å². The molecule has 2 amide bonds. The minimum Gasteiger partial charge on any atom is -0.339 e. The third kappa shape index (κ3) is 3.14. The van der Waals surface area contributed by atoms with Crippen LogP contribution in [0.25, 0.3) is 11.2 Å². The number of amides is 2. The van der Waals surface area contributed by atoms with Crippen LogP contribution in [0.1, 0.15) is 19.2 Å². The summed E-state index contributed by atoms with van der Waals surface area (Å²) < 4.78 is 2.32. The Morgan fingerprint density at radius 3 is 2.27 bits per heavy atom. The maximum atomic E-state index is 12.4. The van der Waals surface area contributed by atoms with E-state index in [4.69, 9.17) is 0 Å². The molecule has 0 unspecified atom stereocenters. The van der Waals surface area contributed by atoms with E-state index in [1.54, 1.807) is 16.8 Å². The number of hydrogen-bond donors (Lipinski definition) is 1. The number of piperazine rings is 1. The molecule has 1 fully saturated rings. The molecule has 3 heterocycles. The number of aryl methyl sites for hydroxylation is 2. The molecule has 0 saturated carbocycles. The lowest BCUT2D eigenvalue weighted by atomic mass is 10.2. The van der Waals surface area contributed by atoms with E-state index in [0.29, 0.717) is 38.4 Å². The number of aromatic nitrogens is 4. The summed E-state index contributed by atoms with van der Waals surface area (Å²) in [5.41, 5.74) is -0.337. The topological polar surface area (TPSA) is 113 Å². The zero-order valence-electron chi connectivity index (χ0n) is 15.1. The number of imidazole rings is 1. The fraction of sp³-hybridized carbons (Fsp3) is 0.562. The maximum absolute atomic E-state index is 12.4. The molecule has 0 spiro atoms. The first kappa shape index (κ1) is 17.9. The predicted octanol–water partition coefficient (Wildman–Crippen LogP) is -1.42. The highest BCUT2D eigenvalue weighted by Gasteiger charge is 2.22. The number of rotatable bonds is 3. The Morgan fingerprint density at radius 2 is 1.65 bits per heavy atom. The summed E-state index contributed by atoms with van der Waals surface area (Å²) in [6.07, 6.45) is 0.589. The van der Waals surface area contributed by atoms with Crippen LogP contribution in [0, 0.1) is 0 Å². The first-order valence-electron chi connectivity index (χ1n) is 8.47. The zero-order valence-corrected chi connectivity index (χ0v) is 15.1. The van der Waals surface area contributed by atoms with Crippen molar-refractivity contribution in [3.8, 4) is 0 Å². The largest absolute Gasteiger partial charge is 0.339 e. The molecule has 0 radical (unpaired) electrons. The summed E-state index contributed by atoms with van der Waals surface area (Å²) in [6, 6.07) is 0. The number of H-pyrrole nitrogens is 1. The molecule has 1 aliphatic rings. The number of hydrogen-bond acceptors (Lipinski definition) is 5. The Kier molecular flexibility index (Phi) is 4.66. The fourth-order valence-electron chi connectivity index (χ4n) is 3.15. The van der Waals surface area contributed by atoms with Gasteiger partial charge >= 0.3 is 5.69 Å². The summed E-state index contributed by atoms with van der Waals surface area (Å²) in [4.78, 5) is 58.5. The lowest BCUT2D eigenvalue weighted by Gasteiger charge is -2.34. The quantitative estimate of drug-likeness (QED) is 0.720. The Morgan fingerprint density at radius 1 is 1.04 bits per heavy atom.